The number of amides is 1. The van der Waals surface area contributed by atoms with Gasteiger partial charge in [-0.1, -0.05) is 68.4 Å². The van der Waals surface area contributed by atoms with Crippen molar-refractivity contribution in [2.45, 2.75) is 52.4 Å². The number of benzene rings is 2. The van der Waals surface area contributed by atoms with Crippen molar-refractivity contribution in [3.8, 4) is 11.4 Å². The second kappa shape index (κ2) is 7.14. The third-order valence-electron chi connectivity index (χ3n) is 5.63. The highest BCUT2D eigenvalue weighted by atomic mass is 16.5. The van der Waals surface area contributed by atoms with Crippen LogP contribution in [0, 0.1) is 13.8 Å². The molecule has 3 aromatic rings. The molecule has 150 valence electrons. The summed E-state index contributed by atoms with van der Waals surface area (Å²) in [6.07, 6.45) is 0.387. The molecule has 5 nitrogen and oxygen atoms in total. The summed E-state index contributed by atoms with van der Waals surface area (Å²) in [6.45, 7) is 11.2. The predicted molar refractivity (Wildman–Crippen MR) is 114 cm³/mol. The first-order chi connectivity index (χ1) is 13.7. The Kier molecular flexibility index (Phi) is 4.77. The first kappa shape index (κ1) is 19.4. The molecule has 1 aliphatic rings. The van der Waals surface area contributed by atoms with Crippen molar-refractivity contribution in [3.63, 3.8) is 0 Å². The molecule has 2 aromatic carbocycles. The van der Waals surface area contributed by atoms with Crippen LogP contribution in [0.15, 0.2) is 47.0 Å². The van der Waals surface area contributed by atoms with Crippen LogP contribution in [-0.4, -0.2) is 22.6 Å². The topological polar surface area (TPSA) is 59.2 Å². The lowest BCUT2D eigenvalue weighted by molar-refractivity contribution is -0.117. The number of para-hydroxylation sites is 1. The van der Waals surface area contributed by atoms with Crippen LogP contribution in [0.25, 0.3) is 11.4 Å². The van der Waals surface area contributed by atoms with Crippen LogP contribution in [0.1, 0.15) is 55.7 Å². The molecule has 0 radical (unpaired) electrons. The van der Waals surface area contributed by atoms with Gasteiger partial charge in [0.05, 0.1) is 5.92 Å². The van der Waals surface area contributed by atoms with Crippen LogP contribution >= 0.6 is 0 Å². The molecule has 0 N–H and O–H groups in total. The Morgan fingerprint density at radius 1 is 1.03 bits per heavy atom. The number of anilines is 1. The smallest absolute Gasteiger partial charge is 0.232 e. The van der Waals surface area contributed by atoms with Crippen molar-refractivity contribution in [2.24, 2.45) is 0 Å². The molecule has 1 saturated heterocycles. The van der Waals surface area contributed by atoms with E-state index in [1.807, 2.05) is 49.1 Å². The summed E-state index contributed by atoms with van der Waals surface area (Å²) in [7, 11) is 0. The lowest BCUT2D eigenvalue weighted by Crippen LogP contribution is -2.26. The molecule has 1 unspecified atom stereocenters. The molecule has 29 heavy (non-hydrogen) atoms. The highest BCUT2D eigenvalue weighted by Crippen LogP contribution is 2.35. The van der Waals surface area contributed by atoms with Crippen molar-refractivity contribution in [3.05, 3.63) is 65.0 Å². The Morgan fingerprint density at radius 2 is 1.69 bits per heavy atom. The Labute approximate surface area is 171 Å². The van der Waals surface area contributed by atoms with Crippen molar-refractivity contribution < 1.29 is 9.32 Å². The van der Waals surface area contributed by atoms with Gasteiger partial charge in [-0.2, -0.15) is 4.98 Å². The number of nitrogens with zero attached hydrogens (tertiary/aromatic N) is 3. The molecule has 1 amide bonds. The van der Waals surface area contributed by atoms with Gasteiger partial charge in [0, 0.05) is 24.2 Å². The lowest BCUT2D eigenvalue weighted by Gasteiger charge is -2.21. The predicted octanol–water partition coefficient (Wildman–Crippen LogP) is 5.17. The summed E-state index contributed by atoms with van der Waals surface area (Å²) in [5, 5.41) is 4.16. The van der Waals surface area contributed by atoms with Gasteiger partial charge >= 0.3 is 0 Å². The Morgan fingerprint density at radius 3 is 2.31 bits per heavy atom. The quantitative estimate of drug-likeness (QED) is 0.620. The SMILES string of the molecule is Cc1cccc(C)c1N1CC(c2nc(-c3ccc(C(C)(C)C)cc3)no2)CC1=O. The van der Waals surface area contributed by atoms with Gasteiger partial charge in [-0.15, -0.1) is 0 Å². The molecular weight excluding hydrogens is 362 g/mol. The summed E-state index contributed by atoms with van der Waals surface area (Å²) < 4.78 is 5.55. The van der Waals surface area contributed by atoms with E-state index in [0.717, 1.165) is 22.4 Å². The summed E-state index contributed by atoms with van der Waals surface area (Å²) in [5.74, 6) is 1.11. The molecule has 4 rings (SSSR count). The number of aryl methyl sites for hydroxylation is 2. The van der Waals surface area contributed by atoms with Gasteiger partial charge < -0.3 is 9.42 Å². The van der Waals surface area contributed by atoms with Crippen LogP contribution in [0.3, 0.4) is 0 Å². The minimum atomic E-state index is -0.0865. The summed E-state index contributed by atoms with van der Waals surface area (Å²) in [6, 6.07) is 14.3. The average molecular weight is 389 g/mol. The van der Waals surface area contributed by atoms with E-state index in [1.165, 1.54) is 5.56 Å². The van der Waals surface area contributed by atoms with Gasteiger partial charge in [-0.25, -0.2) is 0 Å². The molecule has 0 bridgehead atoms. The summed E-state index contributed by atoms with van der Waals surface area (Å²) in [5.41, 5.74) is 5.48. The fourth-order valence-corrected chi connectivity index (χ4v) is 3.96. The van der Waals surface area contributed by atoms with Gasteiger partial charge in [-0.05, 0) is 36.0 Å². The maximum atomic E-state index is 12.7. The third kappa shape index (κ3) is 3.69. The second-order valence-electron chi connectivity index (χ2n) is 8.93. The van der Waals surface area contributed by atoms with E-state index in [-0.39, 0.29) is 17.2 Å². The highest BCUT2D eigenvalue weighted by molar-refractivity contribution is 5.97. The third-order valence-corrected chi connectivity index (χ3v) is 5.63. The number of hydrogen-bond acceptors (Lipinski definition) is 4. The number of hydrogen-bond donors (Lipinski definition) is 0. The maximum absolute atomic E-state index is 12.7. The van der Waals surface area contributed by atoms with Crippen molar-refractivity contribution in [1.29, 1.82) is 0 Å². The van der Waals surface area contributed by atoms with E-state index < -0.39 is 0 Å². The van der Waals surface area contributed by atoms with E-state index in [2.05, 4.69) is 43.0 Å². The van der Waals surface area contributed by atoms with Crippen LogP contribution in [0.2, 0.25) is 0 Å². The van der Waals surface area contributed by atoms with Crippen molar-refractivity contribution in [1.82, 2.24) is 10.1 Å². The van der Waals surface area contributed by atoms with E-state index >= 15 is 0 Å². The zero-order chi connectivity index (χ0) is 20.8. The standard InChI is InChI=1S/C24H27N3O2/c1-15-7-6-8-16(2)21(15)27-14-18(13-20(27)28)23-25-22(26-29-23)17-9-11-19(12-10-17)24(3,4)5/h6-12,18H,13-14H2,1-5H3. The molecule has 1 aromatic heterocycles. The molecule has 5 heteroatoms. The molecule has 2 heterocycles. The highest BCUT2D eigenvalue weighted by Gasteiger charge is 2.36. The van der Waals surface area contributed by atoms with E-state index in [1.54, 1.807) is 0 Å². The largest absolute Gasteiger partial charge is 0.339 e. The Balaban J connectivity index is 1.55. The van der Waals surface area contributed by atoms with Gasteiger partial charge in [0.2, 0.25) is 17.6 Å². The molecule has 0 aliphatic carbocycles. The number of rotatable bonds is 3. The van der Waals surface area contributed by atoms with Crippen molar-refractivity contribution >= 4 is 11.6 Å². The minimum absolute atomic E-state index is 0.0865. The van der Waals surface area contributed by atoms with Crippen LogP contribution in [0.4, 0.5) is 5.69 Å². The summed E-state index contributed by atoms with van der Waals surface area (Å²) >= 11 is 0. The monoisotopic (exact) mass is 389 g/mol. The van der Waals surface area contributed by atoms with Gasteiger partial charge in [-0.3, -0.25) is 4.79 Å². The second-order valence-corrected chi connectivity index (χ2v) is 8.93. The zero-order valence-electron chi connectivity index (χ0n) is 17.7. The number of aromatic nitrogens is 2. The number of carbonyl (C=O) groups excluding carboxylic acids is 1. The van der Waals surface area contributed by atoms with Crippen LogP contribution < -0.4 is 4.90 Å². The first-order valence-corrected chi connectivity index (χ1v) is 10.0. The maximum Gasteiger partial charge on any atom is 0.232 e. The molecule has 0 spiro atoms. The lowest BCUT2D eigenvalue weighted by atomic mass is 9.87. The first-order valence-electron chi connectivity index (χ1n) is 10.0. The van der Waals surface area contributed by atoms with E-state index in [9.17, 15) is 4.79 Å². The van der Waals surface area contributed by atoms with Gasteiger partial charge in [0.1, 0.15) is 0 Å². The molecule has 1 aliphatic heterocycles. The molecule has 1 atom stereocenters. The van der Waals surface area contributed by atoms with Crippen LogP contribution in [0.5, 0.6) is 0 Å². The molecule has 0 saturated carbocycles. The zero-order valence-corrected chi connectivity index (χ0v) is 17.7. The fraction of sp³-hybridized carbons (Fsp3) is 0.375. The summed E-state index contributed by atoms with van der Waals surface area (Å²) in [4.78, 5) is 19.2. The van der Waals surface area contributed by atoms with Crippen LogP contribution in [-0.2, 0) is 10.2 Å². The average Bonchev–Trinajstić information content (AvgIpc) is 3.29. The van der Waals surface area contributed by atoms with E-state index in [4.69, 9.17) is 4.52 Å². The van der Waals surface area contributed by atoms with Gasteiger partial charge in [0.15, 0.2) is 0 Å². The molecular formula is C24H27N3O2. The number of carbonyl (C=O) groups is 1. The Bertz CT molecular complexity index is 1020. The Hall–Kier alpha value is -2.95. The fourth-order valence-electron chi connectivity index (χ4n) is 3.96. The normalized spacial score (nSPS) is 17.2. The minimum Gasteiger partial charge on any atom is -0.339 e. The van der Waals surface area contributed by atoms with E-state index in [0.29, 0.717) is 24.7 Å². The van der Waals surface area contributed by atoms with Crippen molar-refractivity contribution in [2.75, 3.05) is 11.4 Å². The van der Waals surface area contributed by atoms with Gasteiger partial charge in [0.25, 0.3) is 0 Å². The molecule has 1 fully saturated rings.